The van der Waals surface area contributed by atoms with Crippen LogP contribution < -0.4 is 15.7 Å². The van der Waals surface area contributed by atoms with Gasteiger partial charge in [0.05, 0.1) is 48.5 Å². The van der Waals surface area contributed by atoms with Crippen molar-refractivity contribution in [2.45, 2.75) is 72.5 Å². The summed E-state index contributed by atoms with van der Waals surface area (Å²) in [6.07, 6.45) is 1.13. The largest absolute Gasteiger partial charge is 0.573 e. The van der Waals surface area contributed by atoms with Crippen molar-refractivity contribution in [3.8, 4) is 17.5 Å². The number of carbonyl (C=O) groups excluding carboxylic acids is 1. The normalized spacial score (nSPS) is 14.4. The lowest BCUT2D eigenvalue weighted by Crippen LogP contribution is -2.41. The number of fused-ring (bicyclic) bond motifs is 4. The van der Waals surface area contributed by atoms with E-state index in [1.165, 1.54) is 22.9 Å². The van der Waals surface area contributed by atoms with Crippen molar-refractivity contribution >= 4 is 77.1 Å². The molecular formula is C46H47Cl3F4N12O3. The van der Waals surface area contributed by atoms with Gasteiger partial charge in [0.15, 0.2) is 5.65 Å². The Balaban J connectivity index is 0.00000254. The van der Waals surface area contributed by atoms with E-state index in [0.717, 1.165) is 48.5 Å². The molecule has 0 atom stereocenters. The van der Waals surface area contributed by atoms with E-state index < -0.39 is 17.9 Å². The van der Waals surface area contributed by atoms with Crippen molar-refractivity contribution in [3.05, 3.63) is 123 Å². The number of carbonyl (C=O) groups is 1. The predicted octanol–water partition coefficient (Wildman–Crippen LogP) is 8.88. The van der Waals surface area contributed by atoms with Crippen molar-refractivity contribution in [3.63, 3.8) is 0 Å². The standard InChI is InChI=1S/C46H44F4N12O3.3ClH/c1-27-39-41(57-43(55-27)56-38-12-10-32(23-54-38)65-46(48,49)50)62(30-13-17-58(18-14-30)26-45(2,3)4)44(64)61(39)31-9-11-36(53-22-31)42(63)59-19-15-33-34-6-5-16-52-40(34)60(37(33)25-59)24-29-8-7-28(21-51)20-35(29)47;;;/h5-12,16,20,22-23,30H,13-15,17-19,24-26H2,1-4H3,(H,54,55,56,57);3*1H. The van der Waals surface area contributed by atoms with Crippen molar-refractivity contribution in [2.24, 2.45) is 5.41 Å². The van der Waals surface area contributed by atoms with Gasteiger partial charge in [0, 0.05) is 55.1 Å². The molecule has 2 aliphatic heterocycles. The van der Waals surface area contributed by atoms with Crippen molar-refractivity contribution in [1.82, 2.24) is 48.4 Å². The number of nitriles is 1. The van der Waals surface area contributed by atoms with Crippen LogP contribution in [-0.2, 0) is 19.5 Å². The highest BCUT2D eigenvalue weighted by atomic mass is 35.5. The van der Waals surface area contributed by atoms with Gasteiger partial charge in [0.1, 0.15) is 34.2 Å². The molecule has 1 N–H and O–H groups in total. The minimum absolute atomic E-state index is 0. The number of aryl methyl sites for hydroxylation is 1. The number of nitrogens with zero attached hydrogens (tertiary/aromatic N) is 11. The predicted molar refractivity (Wildman–Crippen MR) is 254 cm³/mol. The molecule has 0 unspecified atom stereocenters. The lowest BCUT2D eigenvalue weighted by molar-refractivity contribution is -0.274. The lowest BCUT2D eigenvalue weighted by Gasteiger charge is -2.36. The van der Waals surface area contributed by atoms with Crippen LogP contribution in [0.15, 0.2) is 78.0 Å². The Bertz CT molecular complexity index is 3070. The van der Waals surface area contributed by atoms with Crippen LogP contribution in [0.5, 0.6) is 5.75 Å². The van der Waals surface area contributed by atoms with Gasteiger partial charge in [-0.15, -0.1) is 50.4 Å². The Labute approximate surface area is 406 Å². The number of ether oxygens (including phenoxy) is 1. The van der Waals surface area contributed by atoms with Crippen molar-refractivity contribution in [2.75, 3.05) is 31.5 Å². The molecule has 7 aromatic rings. The number of rotatable bonds is 9. The quantitative estimate of drug-likeness (QED) is 0.137. The Morgan fingerprint density at radius 2 is 1.71 bits per heavy atom. The average Bonchev–Trinajstić information content (AvgIpc) is 3.74. The van der Waals surface area contributed by atoms with Crippen LogP contribution in [0.4, 0.5) is 29.3 Å². The van der Waals surface area contributed by atoms with Gasteiger partial charge in [-0.1, -0.05) is 26.8 Å². The van der Waals surface area contributed by atoms with E-state index >= 15 is 4.39 Å². The minimum Gasteiger partial charge on any atom is -0.404 e. The molecule has 1 fully saturated rings. The molecule has 0 bridgehead atoms. The zero-order valence-electron chi connectivity index (χ0n) is 37.3. The fraction of sp³-hybridized carbons (Fsp3) is 0.348. The summed E-state index contributed by atoms with van der Waals surface area (Å²) in [5.41, 5.74) is 4.66. The molecule has 1 saturated heterocycles. The molecular weight excluding hydrogens is 951 g/mol. The van der Waals surface area contributed by atoms with E-state index in [9.17, 15) is 28.0 Å². The Kier molecular flexibility index (Phi) is 15.1. The number of halogens is 7. The van der Waals surface area contributed by atoms with Crippen LogP contribution >= 0.6 is 37.2 Å². The summed E-state index contributed by atoms with van der Waals surface area (Å²) >= 11 is 0. The van der Waals surface area contributed by atoms with Gasteiger partial charge in [-0.25, -0.2) is 29.1 Å². The maximum Gasteiger partial charge on any atom is 0.573 e. The molecule has 15 nitrogen and oxygen atoms in total. The van der Waals surface area contributed by atoms with Crippen LogP contribution in [0.2, 0.25) is 0 Å². The number of alkyl halides is 3. The average molecular weight is 998 g/mol. The lowest BCUT2D eigenvalue weighted by atomic mass is 9.94. The molecule has 1 amide bonds. The van der Waals surface area contributed by atoms with Crippen LogP contribution in [0, 0.1) is 29.5 Å². The van der Waals surface area contributed by atoms with E-state index in [1.54, 1.807) is 46.9 Å². The highest BCUT2D eigenvalue weighted by molar-refractivity contribution is 5.93. The van der Waals surface area contributed by atoms with Crippen molar-refractivity contribution in [1.29, 1.82) is 5.26 Å². The summed E-state index contributed by atoms with van der Waals surface area (Å²) < 4.78 is 62.5. The molecule has 68 heavy (non-hydrogen) atoms. The van der Waals surface area contributed by atoms with E-state index in [4.69, 9.17) is 4.98 Å². The molecule has 358 valence electrons. The molecule has 0 aliphatic carbocycles. The number of pyridine rings is 3. The maximum absolute atomic E-state index is 15.2. The van der Waals surface area contributed by atoms with E-state index in [1.807, 2.05) is 22.8 Å². The highest BCUT2D eigenvalue weighted by Crippen LogP contribution is 2.33. The smallest absolute Gasteiger partial charge is 0.404 e. The monoisotopic (exact) mass is 996 g/mol. The summed E-state index contributed by atoms with van der Waals surface area (Å²) in [6, 6.07) is 15.6. The topological polar surface area (TPSA) is 165 Å². The first-order valence-electron chi connectivity index (χ1n) is 21.2. The van der Waals surface area contributed by atoms with E-state index in [0.29, 0.717) is 59.6 Å². The third-order valence-electron chi connectivity index (χ3n) is 11.8. The molecule has 9 rings (SSSR count). The van der Waals surface area contributed by atoms with Gasteiger partial charge < -0.3 is 24.4 Å². The fourth-order valence-corrected chi connectivity index (χ4v) is 9.00. The van der Waals surface area contributed by atoms with Crippen LogP contribution in [0.3, 0.4) is 0 Å². The second-order valence-electron chi connectivity index (χ2n) is 17.6. The van der Waals surface area contributed by atoms with Gasteiger partial charge in [0.25, 0.3) is 5.91 Å². The van der Waals surface area contributed by atoms with Crippen molar-refractivity contribution < 1.29 is 27.1 Å². The Hall–Kier alpha value is -6.33. The van der Waals surface area contributed by atoms with Crippen LogP contribution in [0.1, 0.15) is 78.2 Å². The number of anilines is 2. The number of likely N-dealkylation sites (tertiary alicyclic amines) is 1. The summed E-state index contributed by atoms with van der Waals surface area (Å²) in [4.78, 5) is 55.6. The third-order valence-corrected chi connectivity index (χ3v) is 11.8. The first kappa shape index (κ1) is 51.1. The Morgan fingerprint density at radius 3 is 2.35 bits per heavy atom. The number of aromatic nitrogens is 8. The second kappa shape index (κ2) is 20.1. The number of hydrogen-bond donors (Lipinski definition) is 1. The number of nitrogens with one attached hydrogen (secondary N) is 1. The second-order valence-corrected chi connectivity index (χ2v) is 17.6. The summed E-state index contributed by atoms with van der Waals surface area (Å²) in [5, 5.41) is 13.1. The van der Waals surface area contributed by atoms with Gasteiger partial charge in [-0.2, -0.15) is 10.2 Å². The van der Waals surface area contributed by atoms with Gasteiger partial charge in [-0.3, -0.25) is 13.9 Å². The van der Waals surface area contributed by atoms with E-state index in [-0.39, 0.29) is 96.4 Å². The Morgan fingerprint density at radius 1 is 0.941 bits per heavy atom. The zero-order valence-corrected chi connectivity index (χ0v) is 39.7. The maximum atomic E-state index is 15.2. The number of benzene rings is 1. The molecule has 22 heteroatoms. The van der Waals surface area contributed by atoms with Crippen LogP contribution in [-0.4, -0.2) is 86.9 Å². The summed E-state index contributed by atoms with van der Waals surface area (Å²) in [7, 11) is 0. The zero-order chi connectivity index (χ0) is 45.8. The molecule has 0 spiro atoms. The first-order valence-corrected chi connectivity index (χ1v) is 21.2. The van der Waals surface area contributed by atoms with Crippen LogP contribution in [0.25, 0.3) is 27.9 Å². The molecule has 0 saturated carbocycles. The highest BCUT2D eigenvalue weighted by Gasteiger charge is 2.33. The molecule has 2 aliphatic rings. The SMILES string of the molecule is Cc1nc(Nc2ccc(OC(F)(F)F)cn2)nc2c1n(-c1ccc(C(=O)N3CCc4c(n(Cc5ccc(C#N)cc5F)c5ncccc45)C3)nc1)c(=O)n2C1CCN(CC(C)(C)C)CC1.Cl.Cl.Cl. The van der Waals surface area contributed by atoms with Gasteiger partial charge >= 0.3 is 12.1 Å². The van der Waals surface area contributed by atoms with E-state index in [2.05, 4.69) is 55.7 Å². The van der Waals surface area contributed by atoms with Gasteiger partial charge in [0.2, 0.25) is 5.95 Å². The minimum atomic E-state index is -4.87. The molecule has 8 heterocycles. The molecule has 6 aromatic heterocycles. The molecule has 1 aromatic carbocycles. The number of hydrogen-bond acceptors (Lipinski definition) is 11. The number of piperidine rings is 1. The number of amides is 1. The summed E-state index contributed by atoms with van der Waals surface area (Å²) in [5.74, 6) is -1.06. The molecule has 0 radical (unpaired) electrons. The third kappa shape index (κ3) is 10.4. The summed E-state index contributed by atoms with van der Waals surface area (Å²) in [6.45, 7) is 11.5. The first-order chi connectivity index (χ1) is 31.0. The number of imidazole rings is 1. The van der Waals surface area contributed by atoms with Gasteiger partial charge in [-0.05, 0) is 85.7 Å². The fourth-order valence-electron chi connectivity index (χ4n) is 9.00.